The van der Waals surface area contributed by atoms with Crippen LogP contribution in [-0.2, 0) is 4.74 Å². The van der Waals surface area contributed by atoms with Gasteiger partial charge in [-0.1, -0.05) is 24.3 Å². The molecule has 0 radical (unpaired) electrons. The first-order valence-corrected chi connectivity index (χ1v) is 12.5. The molecule has 0 aromatic heterocycles. The molecular formula is C29H28FN3O5. The number of rotatable bonds is 8. The predicted octanol–water partition coefficient (Wildman–Crippen LogP) is 3.85. The first-order valence-electron chi connectivity index (χ1n) is 12.5. The summed E-state index contributed by atoms with van der Waals surface area (Å²) in [6.07, 6.45) is 1.48. The van der Waals surface area contributed by atoms with E-state index in [-0.39, 0.29) is 18.3 Å². The van der Waals surface area contributed by atoms with Crippen molar-refractivity contribution in [1.82, 2.24) is 10.2 Å². The minimum absolute atomic E-state index is 0.0340. The molecule has 0 unspecified atom stereocenters. The minimum Gasteiger partial charge on any atom is -0.455 e. The zero-order valence-corrected chi connectivity index (χ0v) is 20.8. The van der Waals surface area contributed by atoms with Gasteiger partial charge in [-0.3, -0.25) is 9.69 Å². The van der Waals surface area contributed by atoms with Gasteiger partial charge in [0.15, 0.2) is 23.9 Å². The number of hydrogen-bond donors (Lipinski definition) is 1. The Bertz CT molecular complexity index is 1310. The summed E-state index contributed by atoms with van der Waals surface area (Å²) in [6, 6.07) is 20.0. The number of benzene rings is 3. The summed E-state index contributed by atoms with van der Waals surface area (Å²) in [5.41, 5.74) is 1.85. The van der Waals surface area contributed by atoms with Crippen LogP contribution >= 0.6 is 0 Å². The Hall–Kier alpha value is -4.37. The number of para-hydroxylation sites is 1. The highest BCUT2D eigenvalue weighted by Gasteiger charge is 2.25. The molecule has 0 bridgehead atoms. The lowest BCUT2D eigenvalue weighted by atomic mass is 10.2. The molecule has 0 atom stereocenters. The van der Waals surface area contributed by atoms with Crippen molar-refractivity contribution in [2.24, 2.45) is 0 Å². The highest BCUT2D eigenvalue weighted by atomic mass is 19.1. The Morgan fingerprint density at radius 2 is 1.66 bits per heavy atom. The predicted molar refractivity (Wildman–Crippen MR) is 140 cm³/mol. The maximum atomic E-state index is 13.0. The molecule has 0 aliphatic carbocycles. The first-order chi connectivity index (χ1) is 18.6. The van der Waals surface area contributed by atoms with Crippen molar-refractivity contribution in [2.75, 3.05) is 50.8 Å². The summed E-state index contributed by atoms with van der Waals surface area (Å²) in [6.45, 7) is 4.43. The van der Waals surface area contributed by atoms with E-state index >= 15 is 0 Å². The van der Waals surface area contributed by atoms with Crippen molar-refractivity contribution < 1.29 is 28.2 Å². The van der Waals surface area contributed by atoms with Crippen LogP contribution in [0.4, 0.5) is 10.1 Å². The van der Waals surface area contributed by atoms with E-state index in [9.17, 15) is 14.0 Å². The van der Waals surface area contributed by atoms with Gasteiger partial charge in [-0.15, -0.1) is 0 Å². The van der Waals surface area contributed by atoms with Crippen molar-refractivity contribution in [3.05, 3.63) is 102 Å². The third-order valence-corrected chi connectivity index (χ3v) is 6.40. The maximum absolute atomic E-state index is 13.0. The van der Waals surface area contributed by atoms with Crippen molar-refractivity contribution in [3.8, 4) is 11.5 Å². The van der Waals surface area contributed by atoms with Gasteiger partial charge >= 0.3 is 5.97 Å². The molecule has 9 heteroatoms. The largest absolute Gasteiger partial charge is 0.455 e. The van der Waals surface area contributed by atoms with Crippen molar-refractivity contribution in [3.63, 3.8) is 0 Å². The van der Waals surface area contributed by atoms with Crippen LogP contribution < -0.4 is 19.7 Å². The van der Waals surface area contributed by atoms with Gasteiger partial charge < -0.3 is 24.4 Å². The molecule has 0 spiro atoms. The number of anilines is 1. The van der Waals surface area contributed by atoms with E-state index in [1.54, 1.807) is 24.3 Å². The lowest BCUT2D eigenvalue weighted by Gasteiger charge is -2.37. The van der Waals surface area contributed by atoms with E-state index in [1.165, 1.54) is 30.5 Å². The molecule has 1 N–H and O–H groups in total. The summed E-state index contributed by atoms with van der Waals surface area (Å²) in [5, 5.41) is 2.89. The van der Waals surface area contributed by atoms with Gasteiger partial charge in [0, 0.05) is 44.8 Å². The number of carbonyl (C=O) groups is 2. The van der Waals surface area contributed by atoms with Crippen molar-refractivity contribution >= 4 is 17.6 Å². The Morgan fingerprint density at radius 3 is 2.42 bits per heavy atom. The number of nitrogens with one attached hydrogen (secondary N) is 1. The molecule has 2 heterocycles. The number of fused-ring (bicyclic) bond motifs is 1. The van der Waals surface area contributed by atoms with Crippen LogP contribution in [0, 0.1) is 5.82 Å². The van der Waals surface area contributed by atoms with Crippen LogP contribution in [0.3, 0.4) is 0 Å². The first kappa shape index (κ1) is 25.3. The monoisotopic (exact) mass is 517 g/mol. The molecule has 38 heavy (non-hydrogen) atoms. The maximum Gasteiger partial charge on any atom is 0.338 e. The highest BCUT2D eigenvalue weighted by Crippen LogP contribution is 2.41. The Labute approximate surface area is 220 Å². The van der Waals surface area contributed by atoms with Gasteiger partial charge in [-0.05, 0) is 48.5 Å². The second kappa shape index (κ2) is 11.8. The van der Waals surface area contributed by atoms with Crippen LogP contribution in [0.25, 0.3) is 0 Å². The normalized spacial score (nSPS) is 15.0. The molecule has 2 aliphatic rings. The third-order valence-electron chi connectivity index (χ3n) is 6.40. The van der Waals surface area contributed by atoms with E-state index in [0.29, 0.717) is 34.9 Å². The number of piperazine rings is 1. The molecule has 1 fully saturated rings. The number of hydrogen-bond acceptors (Lipinski definition) is 7. The zero-order chi connectivity index (χ0) is 26.3. The number of halogens is 1. The van der Waals surface area contributed by atoms with E-state index in [1.807, 2.05) is 24.3 Å². The fourth-order valence-electron chi connectivity index (χ4n) is 4.34. The van der Waals surface area contributed by atoms with Crippen molar-refractivity contribution in [2.45, 2.75) is 0 Å². The van der Waals surface area contributed by atoms with Crippen LogP contribution in [0.1, 0.15) is 20.7 Å². The Balaban J connectivity index is 1.09. The summed E-state index contributed by atoms with van der Waals surface area (Å²) in [7, 11) is 0. The quantitative estimate of drug-likeness (QED) is 0.455. The number of esters is 1. The fourth-order valence-corrected chi connectivity index (χ4v) is 4.34. The van der Waals surface area contributed by atoms with Crippen LogP contribution in [0.2, 0.25) is 0 Å². The lowest BCUT2D eigenvalue weighted by molar-refractivity contribution is 0.0499. The van der Waals surface area contributed by atoms with E-state index in [2.05, 4.69) is 15.1 Å². The zero-order valence-electron chi connectivity index (χ0n) is 20.8. The van der Waals surface area contributed by atoms with Crippen LogP contribution in [-0.4, -0.2) is 62.7 Å². The van der Waals surface area contributed by atoms with E-state index < -0.39 is 5.97 Å². The standard InChI is InChI=1S/C29H28FN3O5/c30-23-11-9-21(10-12-23)28(34)31-13-14-32-15-17-33(18-16-32)25-7-4-8-26-27(25)36-19-24(38-26)20-37-29(35)22-5-2-1-3-6-22/h1-12,19H,13-18,20H2,(H,31,34). The second-order valence-electron chi connectivity index (χ2n) is 8.94. The molecule has 1 saturated heterocycles. The average molecular weight is 518 g/mol. The second-order valence-corrected chi connectivity index (χ2v) is 8.94. The van der Waals surface area contributed by atoms with Gasteiger partial charge in [0.1, 0.15) is 12.1 Å². The van der Waals surface area contributed by atoms with Gasteiger partial charge in [-0.25, -0.2) is 9.18 Å². The number of carbonyl (C=O) groups excluding carboxylic acids is 2. The lowest BCUT2D eigenvalue weighted by Crippen LogP contribution is -2.48. The van der Waals surface area contributed by atoms with Gasteiger partial charge in [0.2, 0.25) is 0 Å². The van der Waals surface area contributed by atoms with Crippen LogP contribution in [0.5, 0.6) is 11.5 Å². The summed E-state index contributed by atoms with van der Waals surface area (Å²) in [5.74, 6) is 0.608. The van der Waals surface area contributed by atoms with Gasteiger partial charge in [0.05, 0.1) is 11.3 Å². The fraction of sp³-hybridized carbons (Fsp3) is 0.241. The highest BCUT2D eigenvalue weighted by molar-refractivity contribution is 5.94. The SMILES string of the molecule is O=C(NCCN1CCN(c2cccc3c2OC=C(COC(=O)c2ccccc2)O3)CC1)c1ccc(F)cc1. The smallest absolute Gasteiger partial charge is 0.338 e. The van der Waals surface area contributed by atoms with Gasteiger partial charge in [-0.2, -0.15) is 0 Å². The summed E-state index contributed by atoms with van der Waals surface area (Å²) in [4.78, 5) is 28.9. The third kappa shape index (κ3) is 6.12. The topological polar surface area (TPSA) is 80.3 Å². The summed E-state index contributed by atoms with van der Waals surface area (Å²) < 4.78 is 30.3. The van der Waals surface area contributed by atoms with Crippen molar-refractivity contribution in [1.29, 1.82) is 0 Å². The number of amides is 1. The molecule has 3 aromatic carbocycles. The Kier molecular flexibility index (Phi) is 7.84. The van der Waals surface area contributed by atoms with E-state index in [0.717, 1.165) is 38.4 Å². The van der Waals surface area contributed by atoms with Crippen LogP contribution in [0.15, 0.2) is 84.8 Å². The Morgan fingerprint density at radius 1 is 0.895 bits per heavy atom. The molecular weight excluding hydrogens is 489 g/mol. The molecule has 1 amide bonds. The molecule has 8 nitrogen and oxygen atoms in total. The number of nitrogens with zero attached hydrogens (tertiary/aromatic N) is 2. The molecule has 5 rings (SSSR count). The van der Waals surface area contributed by atoms with E-state index in [4.69, 9.17) is 14.2 Å². The number of ether oxygens (including phenoxy) is 3. The molecule has 0 saturated carbocycles. The summed E-state index contributed by atoms with van der Waals surface area (Å²) >= 11 is 0. The molecule has 196 valence electrons. The molecule has 2 aliphatic heterocycles. The average Bonchev–Trinajstić information content (AvgIpc) is 2.96. The minimum atomic E-state index is -0.428. The van der Waals surface area contributed by atoms with Gasteiger partial charge in [0.25, 0.3) is 5.91 Å². The molecule has 3 aromatic rings.